The van der Waals surface area contributed by atoms with Crippen molar-refractivity contribution in [3.05, 3.63) is 60.6 Å². The zero-order valence-electron chi connectivity index (χ0n) is 17.5. The minimum Gasteiger partial charge on any atom is -0.366 e. The van der Waals surface area contributed by atoms with E-state index in [4.69, 9.17) is 10.8 Å². The Labute approximate surface area is 189 Å². The zero-order valence-corrected chi connectivity index (χ0v) is 17.5. The molecule has 2 N–H and O–H groups in total. The second-order valence-electron chi connectivity index (χ2n) is 8.20. The molecule has 4 aromatic rings. The van der Waals surface area contributed by atoms with E-state index < -0.39 is 11.4 Å². The highest BCUT2D eigenvalue weighted by Crippen LogP contribution is 2.45. The van der Waals surface area contributed by atoms with Gasteiger partial charge in [0.1, 0.15) is 5.69 Å². The summed E-state index contributed by atoms with van der Waals surface area (Å²) in [7, 11) is 0. The Balaban J connectivity index is 1.60. The Kier molecular flexibility index (Phi) is 4.80. The minimum absolute atomic E-state index is 0.0874. The van der Waals surface area contributed by atoms with E-state index in [9.17, 15) is 15.3 Å². The number of pyridine rings is 2. The first kappa shape index (κ1) is 20.3. The first-order valence-electron chi connectivity index (χ1n) is 10.4. The standard InChI is InChI=1S/C24H18N8O/c25-6-5-24(10-15(11-24)12-26)32-30-14-22(31-32)19-8-17(9-21-18(19)2-1-7-28-21)20-4-3-16(13-29-20)23(27)33/h1-4,7-9,13-15H,5,10-11H2,(H2,27,33)/t15-,24-. The van der Waals surface area contributed by atoms with Gasteiger partial charge in [0, 0.05) is 28.9 Å². The number of benzene rings is 1. The molecule has 0 aliphatic heterocycles. The molecule has 1 amide bonds. The smallest absolute Gasteiger partial charge is 0.250 e. The molecule has 0 spiro atoms. The van der Waals surface area contributed by atoms with Crippen molar-refractivity contribution in [3.8, 4) is 34.7 Å². The quantitative estimate of drug-likeness (QED) is 0.507. The van der Waals surface area contributed by atoms with Crippen LogP contribution in [0.5, 0.6) is 0 Å². The topological polar surface area (TPSA) is 147 Å². The molecule has 1 aliphatic carbocycles. The number of hydrogen-bond acceptors (Lipinski definition) is 7. The molecule has 0 radical (unpaired) electrons. The van der Waals surface area contributed by atoms with Gasteiger partial charge in [-0.1, -0.05) is 6.07 Å². The molecule has 0 bridgehead atoms. The predicted molar refractivity (Wildman–Crippen MR) is 119 cm³/mol. The second kappa shape index (κ2) is 7.81. The molecule has 3 heterocycles. The van der Waals surface area contributed by atoms with Gasteiger partial charge in [0.25, 0.3) is 0 Å². The van der Waals surface area contributed by atoms with Crippen molar-refractivity contribution >= 4 is 16.8 Å². The lowest BCUT2D eigenvalue weighted by atomic mass is 9.68. The van der Waals surface area contributed by atoms with E-state index in [-0.39, 0.29) is 12.3 Å². The van der Waals surface area contributed by atoms with Crippen LogP contribution >= 0.6 is 0 Å². The molecular formula is C24H18N8O. The molecule has 5 rings (SSSR count). The Morgan fingerprint density at radius 3 is 2.70 bits per heavy atom. The fourth-order valence-electron chi connectivity index (χ4n) is 4.34. The lowest BCUT2D eigenvalue weighted by Gasteiger charge is -2.42. The highest BCUT2D eigenvalue weighted by molar-refractivity contribution is 5.97. The summed E-state index contributed by atoms with van der Waals surface area (Å²) in [5, 5.41) is 28.6. The van der Waals surface area contributed by atoms with E-state index in [2.05, 4.69) is 27.2 Å². The number of carbonyl (C=O) groups excluding carboxylic acids is 1. The Hall–Kier alpha value is -4.63. The van der Waals surface area contributed by atoms with E-state index in [1.165, 1.54) is 6.20 Å². The van der Waals surface area contributed by atoms with Gasteiger partial charge in [-0.15, -0.1) is 0 Å². The summed E-state index contributed by atoms with van der Waals surface area (Å²) in [5.74, 6) is -0.622. The highest BCUT2D eigenvalue weighted by atomic mass is 16.1. The maximum absolute atomic E-state index is 11.4. The van der Waals surface area contributed by atoms with Crippen LogP contribution in [-0.4, -0.2) is 30.9 Å². The van der Waals surface area contributed by atoms with E-state index in [1.807, 2.05) is 24.3 Å². The number of rotatable bonds is 5. The summed E-state index contributed by atoms with van der Waals surface area (Å²) >= 11 is 0. The summed E-state index contributed by atoms with van der Waals surface area (Å²) in [4.78, 5) is 21.9. The third-order valence-electron chi connectivity index (χ3n) is 6.10. The zero-order chi connectivity index (χ0) is 23.0. The maximum atomic E-state index is 11.4. The molecule has 0 atom stereocenters. The van der Waals surface area contributed by atoms with Gasteiger partial charge in [0.15, 0.2) is 0 Å². The third-order valence-corrected chi connectivity index (χ3v) is 6.10. The number of carbonyl (C=O) groups is 1. The van der Waals surface area contributed by atoms with Crippen molar-refractivity contribution in [1.29, 1.82) is 10.5 Å². The third kappa shape index (κ3) is 3.46. The van der Waals surface area contributed by atoms with Crippen molar-refractivity contribution < 1.29 is 4.79 Å². The minimum atomic E-state index is -0.550. The molecule has 0 saturated heterocycles. The Bertz CT molecular complexity index is 1450. The molecule has 1 saturated carbocycles. The number of primary amides is 1. The van der Waals surface area contributed by atoms with Gasteiger partial charge in [-0.25, -0.2) is 0 Å². The van der Waals surface area contributed by atoms with Gasteiger partial charge in [0.2, 0.25) is 5.91 Å². The number of nitriles is 2. The van der Waals surface area contributed by atoms with Crippen LogP contribution in [0.4, 0.5) is 0 Å². The van der Waals surface area contributed by atoms with Gasteiger partial charge in [-0.05, 0) is 43.2 Å². The average molecular weight is 434 g/mol. The molecule has 3 aromatic heterocycles. The Morgan fingerprint density at radius 2 is 2.00 bits per heavy atom. The van der Waals surface area contributed by atoms with Gasteiger partial charge < -0.3 is 5.73 Å². The van der Waals surface area contributed by atoms with Crippen LogP contribution in [0.1, 0.15) is 29.6 Å². The van der Waals surface area contributed by atoms with Gasteiger partial charge in [-0.2, -0.15) is 25.5 Å². The summed E-state index contributed by atoms with van der Waals surface area (Å²) in [6.45, 7) is 0. The summed E-state index contributed by atoms with van der Waals surface area (Å²) in [6.07, 6.45) is 6.21. The van der Waals surface area contributed by atoms with Gasteiger partial charge >= 0.3 is 0 Å². The lowest BCUT2D eigenvalue weighted by molar-refractivity contribution is 0.0713. The van der Waals surface area contributed by atoms with Crippen LogP contribution < -0.4 is 5.73 Å². The molecule has 0 unspecified atom stereocenters. The summed E-state index contributed by atoms with van der Waals surface area (Å²) < 4.78 is 0. The fraction of sp³-hybridized carbons (Fsp3) is 0.208. The second-order valence-corrected chi connectivity index (χ2v) is 8.20. The average Bonchev–Trinajstić information content (AvgIpc) is 3.31. The molecular weight excluding hydrogens is 416 g/mol. The van der Waals surface area contributed by atoms with E-state index in [0.717, 1.165) is 22.0 Å². The summed E-state index contributed by atoms with van der Waals surface area (Å²) in [6, 6.07) is 15.6. The largest absolute Gasteiger partial charge is 0.366 e. The first-order chi connectivity index (χ1) is 16.0. The normalized spacial score (nSPS) is 19.4. The van der Waals surface area contributed by atoms with Crippen molar-refractivity contribution in [2.75, 3.05) is 0 Å². The Morgan fingerprint density at radius 1 is 1.15 bits per heavy atom. The monoisotopic (exact) mass is 434 g/mol. The first-order valence-corrected chi connectivity index (χ1v) is 10.4. The van der Waals surface area contributed by atoms with Crippen molar-refractivity contribution in [1.82, 2.24) is 25.0 Å². The summed E-state index contributed by atoms with van der Waals surface area (Å²) in [5.41, 5.74) is 8.81. The lowest BCUT2D eigenvalue weighted by Crippen LogP contribution is -2.47. The predicted octanol–water partition coefficient (Wildman–Crippen LogP) is 3.20. The molecule has 160 valence electrons. The van der Waals surface area contributed by atoms with Crippen LogP contribution in [0.3, 0.4) is 0 Å². The van der Waals surface area contributed by atoms with Crippen LogP contribution in [0.2, 0.25) is 0 Å². The van der Waals surface area contributed by atoms with Crippen molar-refractivity contribution in [3.63, 3.8) is 0 Å². The van der Waals surface area contributed by atoms with Gasteiger partial charge in [-0.3, -0.25) is 14.8 Å². The SMILES string of the molecule is N#CC[C@]1(n2ncc(-c3cc(-c4ccc(C(N)=O)cn4)cc4ncccc34)n2)C[C@H](C#N)C1. The van der Waals surface area contributed by atoms with Crippen LogP contribution in [-0.2, 0) is 5.54 Å². The van der Waals surface area contributed by atoms with Crippen molar-refractivity contribution in [2.24, 2.45) is 11.7 Å². The highest BCUT2D eigenvalue weighted by Gasteiger charge is 2.48. The van der Waals surface area contributed by atoms with E-state index >= 15 is 0 Å². The number of nitrogens with zero attached hydrogens (tertiary/aromatic N) is 7. The van der Waals surface area contributed by atoms with Gasteiger partial charge in [0.05, 0.1) is 53.0 Å². The van der Waals surface area contributed by atoms with Crippen LogP contribution in [0, 0.1) is 28.6 Å². The number of hydrogen-bond donors (Lipinski definition) is 1. The molecule has 1 aliphatic rings. The molecule has 1 aromatic carbocycles. The number of nitrogens with two attached hydrogens (primary N) is 1. The van der Waals surface area contributed by atoms with E-state index in [0.29, 0.717) is 29.8 Å². The fourth-order valence-corrected chi connectivity index (χ4v) is 4.34. The molecule has 1 fully saturated rings. The number of fused-ring (bicyclic) bond motifs is 1. The van der Waals surface area contributed by atoms with Crippen LogP contribution in [0.25, 0.3) is 33.4 Å². The van der Waals surface area contributed by atoms with Crippen molar-refractivity contribution in [2.45, 2.75) is 24.8 Å². The molecule has 9 nitrogen and oxygen atoms in total. The van der Waals surface area contributed by atoms with Crippen LogP contribution in [0.15, 0.2) is 55.0 Å². The molecule has 9 heteroatoms. The number of amides is 1. The number of aromatic nitrogens is 5. The molecule has 33 heavy (non-hydrogen) atoms. The van der Waals surface area contributed by atoms with E-state index in [1.54, 1.807) is 29.3 Å². The maximum Gasteiger partial charge on any atom is 0.250 e.